The second kappa shape index (κ2) is 5.96. The fourth-order valence-electron chi connectivity index (χ4n) is 5.61. The molecule has 0 amide bonds. The molecule has 3 unspecified atom stereocenters. The Morgan fingerprint density at radius 1 is 1.33 bits per heavy atom. The van der Waals surface area contributed by atoms with Gasteiger partial charge >= 0.3 is 5.97 Å². The molecule has 4 saturated carbocycles. The number of hydrogen-bond acceptors (Lipinski definition) is 6. The Morgan fingerprint density at radius 3 is 2.46 bits per heavy atom. The number of nitrogens with one attached hydrogen (secondary N) is 1. The van der Waals surface area contributed by atoms with Gasteiger partial charge in [0.1, 0.15) is 5.92 Å². The molecule has 130 valence electrons. The number of esters is 1. The molecular weight excluding hydrogens is 308 g/mol. The third-order valence-electron chi connectivity index (χ3n) is 5.93. The first-order valence-corrected chi connectivity index (χ1v) is 8.60. The van der Waals surface area contributed by atoms with Crippen LogP contribution in [0.5, 0.6) is 0 Å². The lowest BCUT2D eigenvalue weighted by Gasteiger charge is -2.60. The largest absolute Gasteiger partial charge is 0.458 e. The van der Waals surface area contributed by atoms with E-state index in [1.54, 1.807) is 6.07 Å². The van der Waals surface area contributed by atoms with Gasteiger partial charge < -0.3 is 15.3 Å². The van der Waals surface area contributed by atoms with Crippen LogP contribution >= 0.6 is 0 Å². The van der Waals surface area contributed by atoms with E-state index in [9.17, 15) is 14.7 Å². The van der Waals surface area contributed by atoms with Gasteiger partial charge in [0.25, 0.3) is 0 Å². The lowest BCUT2D eigenvalue weighted by Crippen LogP contribution is -2.56. The highest BCUT2D eigenvalue weighted by Crippen LogP contribution is 2.62. The standard InChI is InChI=1S/C18H24N2O4/c1-11(20)14(8-19)15(21)9-24-16(22)7-17-3-12-2-13(4-17)6-18(23,5-12)10-17/h12-14,20,23H,2-7,9-10H2,1H3/t12-,13+,14?,17?,18?. The first-order chi connectivity index (χ1) is 11.2. The van der Waals surface area contributed by atoms with Crippen molar-refractivity contribution in [3.05, 3.63) is 0 Å². The summed E-state index contributed by atoms with van der Waals surface area (Å²) in [5.74, 6) is -1.14. The molecule has 5 atom stereocenters. The second-order valence-corrected chi connectivity index (χ2v) is 8.23. The summed E-state index contributed by atoms with van der Waals surface area (Å²) in [6, 6.07) is 1.76. The van der Waals surface area contributed by atoms with Crippen molar-refractivity contribution in [2.24, 2.45) is 23.2 Å². The molecule has 2 N–H and O–H groups in total. The quantitative estimate of drug-likeness (QED) is 0.571. The Labute approximate surface area is 141 Å². The Kier molecular flexibility index (Phi) is 4.25. The third-order valence-corrected chi connectivity index (χ3v) is 5.93. The predicted octanol–water partition coefficient (Wildman–Crippen LogP) is 2.00. The van der Waals surface area contributed by atoms with Crippen molar-refractivity contribution in [3.63, 3.8) is 0 Å². The van der Waals surface area contributed by atoms with Gasteiger partial charge in [-0.15, -0.1) is 0 Å². The molecule has 0 aromatic rings. The van der Waals surface area contributed by atoms with Gasteiger partial charge in [-0.1, -0.05) is 0 Å². The van der Waals surface area contributed by atoms with Crippen molar-refractivity contribution in [3.8, 4) is 6.07 Å². The van der Waals surface area contributed by atoms with Crippen LogP contribution in [0.1, 0.15) is 51.9 Å². The highest BCUT2D eigenvalue weighted by molar-refractivity contribution is 6.05. The van der Waals surface area contributed by atoms with E-state index in [2.05, 4.69) is 0 Å². The minimum atomic E-state index is -1.14. The number of nitriles is 1. The highest BCUT2D eigenvalue weighted by Gasteiger charge is 2.57. The fraction of sp³-hybridized carbons (Fsp3) is 0.778. The zero-order chi connectivity index (χ0) is 17.5. The number of aliphatic hydroxyl groups is 1. The summed E-state index contributed by atoms with van der Waals surface area (Å²) < 4.78 is 5.09. The Hall–Kier alpha value is -1.74. The maximum atomic E-state index is 12.2. The normalized spacial score (nSPS) is 37.5. The van der Waals surface area contributed by atoms with Crippen LogP contribution in [-0.2, 0) is 14.3 Å². The molecule has 4 bridgehead atoms. The molecule has 0 spiro atoms. The number of carbonyl (C=O) groups is 2. The SMILES string of the molecule is CC(=N)C(C#N)C(=O)COC(=O)CC12C[C@@H]3C[C@@H](CC(O)(C3)C1)C2. The maximum Gasteiger partial charge on any atom is 0.306 e. The lowest BCUT2D eigenvalue weighted by atomic mass is 9.47. The number of ether oxygens (including phenoxy) is 1. The van der Waals surface area contributed by atoms with Gasteiger partial charge in [-0.25, -0.2) is 0 Å². The van der Waals surface area contributed by atoms with Crippen molar-refractivity contribution < 1.29 is 19.4 Å². The molecule has 24 heavy (non-hydrogen) atoms. The van der Waals surface area contributed by atoms with E-state index in [1.165, 1.54) is 6.92 Å². The fourth-order valence-corrected chi connectivity index (χ4v) is 5.61. The summed E-state index contributed by atoms with van der Waals surface area (Å²) in [4.78, 5) is 24.1. The van der Waals surface area contributed by atoms with Gasteiger partial charge in [0, 0.05) is 5.71 Å². The monoisotopic (exact) mass is 332 g/mol. The number of Topliss-reactive ketones (excluding diaryl/α,β-unsaturated/α-hetero) is 1. The Bertz CT molecular complexity index is 607. The molecule has 6 nitrogen and oxygen atoms in total. The molecule has 0 aliphatic heterocycles. The molecule has 0 radical (unpaired) electrons. The van der Waals surface area contributed by atoms with E-state index in [-0.39, 0.29) is 17.5 Å². The summed E-state index contributed by atoms with van der Waals surface area (Å²) in [5, 5.41) is 27.0. The summed E-state index contributed by atoms with van der Waals surface area (Å²) in [7, 11) is 0. The minimum Gasteiger partial charge on any atom is -0.458 e. The minimum absolute atomic E-state index is 0.0399. The van der Waals surface area contributed by atoms with Gasteiger partial charge in [-0.3, -0.25) is 9.59 Å². The van der Waals surface area contributed by atoms with Crippen LogP contribution in [0.4, 0.5) is 0 Å². The van der Waals surface area contributed by atoms with Crippen molar-refractivity contribution in [1.29, 1.82) is 10.7 Å². The smallest absolute Gasteiger partial charge is 0.306 e. The Morgan fingerprint density at radius 2 is 1.96 bits per heavy atom. The van der Waals surface area contributed by atoms with Crippen LogP contribution in [0.25, 0.3) is 0 Å². The molecule has 4 aliphatic rings. The van der Waals surface area contributed by atoms with Crippen LogP contribution in [0.2, 0.25) is 0 Å². The van der Waals surface area contributed by atoms with E-state index >= 15 is 0 Å². The third kappa shape index (κ3) is 3.23. The molecule has 4 fully saturated rings. The number of nitrogens with zero attached hydrogens (tertiary/aromatic N) is 1. The van der Waals surface area contributed by atoms with E-state index < -0.39 is 29.9 Å². The van der Waals surface area contributed by atoms with Crippen LogP contribution in [0.15, 0.2) is 0 Å². The first kappa shape index (κ1) is 17.1. The summed E-state index contributed by atoms with van der Waals surface area (Å²) in [6.45, 7) is 0.935. The number of hydrogen-bond donors (Lipinski definition) is 2. The number of carbonyl (C=O) groups excluding carboxylic acids is 2. The molecule has 4 rings (SSSR count). The van der Waals surface area contributed by atoms with Crippen molar-refractivity contribution in [1.82, 2.24) is 0 Å². The van der Waals surface area contributed by atoms with Crippen molar-refractivity contribution >= 4 is 17.5 Å². The average molecular weight is 332 g/mol. The molecule has 0 aromatic carbocycles. The van der Waals surface area contributed by atoms with E-state index in [4.69, 9.17) is 15.4 Å². The summed E-state index contributed by atoms with van der Waals surface area (Å²) in [6.07, 6.45) is 5.64. The van der Waals surface area contributed by atoms with Crippen LogP contribution < -0.4 is 0 Å². The zero-order valence-corrected chi connectivity index (χ0v) is 14.0. The van der Waals surface area contributed by atoms with Gasteiger partial charge in [0.15, 0.2) is 12.4 Å². The van der Waals surface area contributed by atoms with Gasteiger partial charge in [-0.2, -0.15) is 5.26 Å². The van der Waals surface area contributed by atoms with E-state index in [1.807, 2.05) is 0 Å². The van der Waals surface area contributed by atoms with Crippen LogP contribution in [-0.4, -0.2) is 34.8 Å². The first-order valence-electron chi connectivity index (χ1n) is 8.60. The molecular formula is C18H24N2O4. The lowest BCUT2D eigenvalue weighted by molar-refractivity contribution is -0.177. The van der Waals surface area contributed by atoms with Crippen LogP contribution in [0.3, 0.4) is 0 Å². The average Bonchev–Trinajstić information content (AvgIpc) is 2.42. The number of ketones is 1. The molecule has 6 heteroatoms. The Balaban J connectivity index is 1.57. The van der Waals surface area contributed by atoms with E-state index in [0.29, 0.717) is 18.3 Å². The molecule has 4 aliphatic carbocycles. The molecule has 0 saturated heterocycles. The maximum absolute atomic E-state index is 12.2. The highest BCUT2D eigenvalue weighted by atomic mass is 16.5. The summed E-state index contributed by atoms with van der Waals surface area (Å²) >= 11 is 0. The van der Waals surface area contributed by atoms with Gasteiger partial charge in [0.05, 0.1) is 18.1 Å². The van der Waals surface area contributed by atoms with Gasteiger partial charge in [0.2, 0.25) is 0 Å². The summed E-state index contributed by atoms with van der Waals surface area (Å²) in [5.41, 5.74) is -0.851. The van der Waals surface area contributed by atoms with E-state index in [0.717, 1.165) is 32.1 Å². The predicted molar refractivity (Wildman–Crippen MR) is 85.2 cm³/mol. The number of rotatable bonds is 6. The topological polar surface area (TPSA) is 111 Å². The van der Waals surface area contributed by atoms with Crippen molar-refractivity contribution in [2.75, 3.05) is 6.61 Å². The van der Waals surface area contributed by atoms with Gasteiger partial charge in [-0.05, 0) is 62.7 Å². The molecule has 0 aromatic heterocycles. The van der Waals surface area contributed by atoms with Crippen molar-refractivity contribution in [2.45, 2.75) is 57.5 Å². The second-order valence-electron chi connectivity index (χ2n) is 8.23. The zero-order valence-electron chi connectivity index (χ0n) is 14.0. The molecule has 0 heterocycles. The van der Waals surface area contributed by atoms with Crippen LogP contribution in [0, 0.1) is 39.9 Å².